The van der Waals surface area contributed by atoms with Crippen LogP contribution in [0.2, 0.25) is 0 Å². The normalized spacial score (nSPS) is 24.1. The van der Waals surface area contributed by atoms with E-state index in [1.807, 2.05) is 19.1 Å². The van der Waals surface area contributed by atoms with Crippen LogP contribution in [0.1, 0.15) is 28.6 Å². The summed E-state index contributed by atoms with van der Waals surface area (Å²) in [6.45, 7) is 4.29. The molecular formula is C22H25N5O5S. The number of hydrogen-bond donors (Lipinski definition) is 2. The zero-order chi connectivity index (χ0) is 22.5. The number of nitrogens with one attached hydrogen (secondary N) is 2. The van der Waals surface area contributed by atoms with Crippen LogP contribution in [0.15, 0.2) is 16.5 Å². The SMILES string of the molecule is COc1cc2nc(N3[C@@H]4COC[C@H]3c3sc(NC(=O)N[C@@H]5CCOC5)nc3C4)oc2cc1C. The van der Waals surface area contributed by atoms with Gasteiger partial charge in [0.05, 0.1) is 55.6 Å². The Morgan fingerprint density at radius 1 is 1.24 bits per heavy atom. The number of aryl methyl sites for hydroxylation is 1. The van der Waals surface area contributed by atoms with Gasteiger partial charge in [-0.1, -0.05) is 11.3 Å². The number of aromatic nitrogens is 2. The summed E-state index contributed by atoms with van der Waals surface area (Å²) in [6, 6.07) is 4.22. The molecule has 2 saturated heterocycles. The summed E-state index contributed by atoms with van der Waals surface area (Å²) < 4.78 is 22.8. The van der Waals surface area contributed by atoms with Crippen LogP contribution in [-0.2, 0) is 15.9 Å². The van der Waals surface area contributed by atoms with Crippen LogP contribution >= 0.6 is 11.3 Å². The Morgan fingerprint density at radius 3 is 2.97 bits per heavy atom. The number of morpholine rings is 1. The lowest BCUT2D eigenvalue weighted by atomic mass is 9.97. The third kappa shape index (κ3) is 3.69. The Morgan fingerprint density at radius 2 is 2.15 bits per heavy atom. The average Bonchev–Trinajstić information content (AvgIpc) is 3.52. The molecule has 33 heavy (non-hydrogen) atoms. The molecule has 5 heterocycles. The van der Waals surface area contributed by atoms with Crippen molar-refractivity contribution in [3.63, 3.8) is 0 Å². The van der Waals surface area contributed by atoms with Gasteiger partial charge in [0.2, 0.25) is 0 Å². The van der Waals surface area contributed by atoms with Crippen LogP contribution in [0.3, 0.4) is 0 Å². The van der Waals surface area contributed by atoms with Crippen molar-refractivity contribution in [1.82, 2.24) is 15.3 Å². The van der Waals surface area contributed by atoms with Crippen LogP contribution in [-0.4, -0.2) is 61.6 Å². The van der Waals surface area contributed by atoms with Gasteiger partial charge in [-0.25, -0.2) is 9.78 Å². The largest absolute Gasteiger partial charge is 0.496 e. The fraction of sp³-hybridized carbons (Fsp3) is 0.500. The number of urea groups is 1. The number of carbonyl (C=O) groups excluding carboxylic acids is 1. The maximum absolute atomic E-state index is 12.4. The monoisotopic (exact) mass is 471 g/mol. The number of oxazole rings is 1. The van der Waals surface area contributed by atoms with E-state index < -0.39 is 0 Å². The predicted octanol–water partition coefficient (Wildman–Crippen LogP) is 3.01. The summed E-state index contributed by atoms with van der Waals surface area (Å²) in [6.07, 6.45) is 1.52. The minimum atomic E-state index is -0.254. The molecule has 2 amide bonds. The average molecular weight is 472 g/mol. The number of fused-ring (bicyclic) bond motifs is 5. The highest BCUT2D eigenvalue weighted by Gasteiger charge is 2.43. The number of rotatable bonds is 4. The molecule has 0 unspecified atom stereocenters. The Labute approximate surface area is 194 Å². The van der Waals surface area contributed by atoms with Crippen LogP contribution in [0.5, 0.6) is 5.75 Å². The number of anilines is 2. The smallest absolute Gasteiger partial charge is 0.321 e. The Hall–Kier alpha value is -2.89. The second kappa shape index (κ2) is 8.15. The first kappa shape index (κ1) is 20.7. The molecule has 3 aromatic rings. The number of thiazole rings is 1. The van der Waals surface area contributed by atoms with E-state index in [9.17, 15) is 4.79 Å². The van der Waals surface area contributed by atoms with Gasteiger partial charge in [0, 0.05) is 19.1 Å². The highest BCUT2D eigenvalue weighted by atomic mass is 32.1. The van der Waals surface area contributed by atoms with Crippen molar-refractivity contribution in [3.05, 3.63) is 28.3 Å². The molecule has 10 nitrogen and oxygen atoms in total. The van der Waals surface area contributed by atoms with E-state index in [2.05, 4.69) is 15.5 Å². The van der Waals surface area contributed by atoms with E-state index in [0.717, 1.165) is 39.4 Å². The van der Waals surface area contributed by atoms with Gasteiger partial charge in [0.1, 0.15) is 11.3 Å². The van der Waals surface area contributed by atoms with Gasteiger partial charge in [-0.15, -0.1) is 0 Å². The third-order valence-electron chi connectivity index (χ3n) is 6.37. The first-order chi connectivity index (χ1) is 16.1. The van der Waals surface area contributed by atoms with E-state index in [0.29, 0.717) is 44.0 Å². The number of ether oxygens (including phenoxy) is 3. The van der Waals surface area contributed by atoms with Gasteiger partial charge in [0.15, 0.2) is 10.7 Å². The summed E-state index contributed by atoms with van der Waals surface area (Å²) >= 11 is 1.48. The molecule has 174 valence electrons. The zero-order valence-corrected chi connectivity index (χ0v) is 19.2. The third-order valence-corrected chi connectivity index (χ3v) is 7.49. The molecule has 2 fully saturated rings. The summed E-state index contributed by atoms with van der Waals surface area (Å²) in [5.74, 6) is 0.785. The second-order valence-electron chi connectivity index (χ2n) is 8.59. The number of benzene rings is 1. The lowest BCUT2D eigenvalue weighted by Crippen LogP contribution is -2.51. The van der Waals surface area contributed by atoms with Gasteiger partial charge in [-0.2, -0.15) is 4.98 Å². The molecule has 3 aliphatic rings. The van der Waals surface area contributed by atoms with Gasteiger partial charge >= 0.3 is 6.03 Å². The van der Waals surface area contributed by atoms with Crippen molar-refractivity contribution in [2.75, 3.05) is 43.8 Å². The predicted molar refractivity (Wildman–Crippen MR) is 122 cm³/mol. The molecule has 0 aliphatic carbocycles. The fourth-order valence-electron chi connectivity index (χ4n) is 4.77. The molecule has 1 aromatic carbocycles. The van der Waals surface area contributed by atoms with Crippen molar-refractivity contribution >= 4 is 39.6 Å². The quantitative estimate of drug-likeness (QED) is 0.597. The summed E-state index contributed by atoms with van der Waals surface area (Å²) in [5, 5.41) is 6.41. The molecule has 3 aliphatic heterocycles. The van der Waals surface area contributed by atoms with Crippen LogP contribution < -0.4 is 20.3 Å². The van der Waals surface area contributed by atoms with Gasteiger partial charge in [0.25, 0.3) is 6.01 Å². The van der Waals surface area contributed by atoms with Gasteiger partial charge < -0.3 is 28.8 Å². The summed E-state index contributed by atoms with van der Waals surface area (Å²) in [5.41, 5.74) is 3.49. The molecule has 0 saturated carbocycles. The molecule has 0 spiro atoms. The van der Waals surface area contributed by atoms with Crippen LogP contribution in [0.4, 0.5) is 15.9 Å². The van der Waals surface area contributed by atoms with Crippen molar-refractivity contribution in [1.29, 1.82) is 0 Å². The molecule has 11 heteroatoms. The van der Waals surface area contributed by atoms with Gasteiger partial charge in [-0.05, 0) is 25.0 Å². The minimum Gasteiger partial charge on any atom is -0.496 e. The molecule has 2 aromatic heterocycles. The molecule has 6 rings (SSSR count). The lowest BCUT2D eigenvalue weighted by Gasteiger charge is -2.43. The maximum atomic E-state index is 12.4. The standard InChI is InChI=1S/C22H25N5O5S/c1-11-5-18-14(7-17(11)29-2)25-22(32-18)27-13-6-15-19(16(27)10-31-9-13)33-21(24-15)26-20(28)23-12-3-4-30-8-12/h5,7,12-13,16H,3-4,6,8-10H2,1-2H3,(H2,23,24,26,28)/t12-,13+,16+/m1/s1. The maximum Gasteiger partial charge on any atom is 0.321 e. The highest BCUT2D eigenvalue weighted by Crippen LogP contribution is 2.44. The molecular weight excluding hydrogens is 446 g/mol. The fourth-order valence-corrected chi connectivity index (χ4v) is 5.84. The van der Waals surface area contributed by atoms with Gasteiger partial charge in [-0.3, -0.25) is 5.32 Å². The molecule has 2 bridgehead atoms. The van der Waals surface area contributed by atoms with E-state index in [1.54, 1.807) is 7.11 Å². The first-order valence-electron chi connectivity index (χ1n) is 11.0. The van der Waals surface area contributed by atoms with Crippen molar-refractivity contribution < 1.29 is 23.4 Å². The Balaban J connectivity index is 1.27. The number of nitrogens with zero attached hydrogens (tertiary/aromatic N) is 3. The molecule has 0 radical (unpaired) electrons. The Kier molecular flexibility index (Phi) is 5.11. The summed E-state index contributed by atoms with van der Waals surface area (Å²) in [4.78, 5) is 25.2. The lowest BCUT2D eigenvalue weighted by molar-refractivity contribution is 0.0579. The molecule has 2 N–H and O–H groups in total. The summed E-state index contributed by atoms with van der Waals surface area (Å²) in [7, 11) is 1.65. The number of hydrogen-bond acceptors (Lipinski definition) is 9. The van der Waals surface area contributed by atoms with Crippen molar-refractivity contribution in [2.45, 2.75) is 37.9 Å². The van der Waals surface area contributed by atoms with E-state index in [-0.39, 0.29) is 24.2 Å². The number of carbonyl (C=O) groups is 1. The number of methoxy groups -OCH3 is 1. The van der Waals surface area contributed by atoms with E-state index in [4.69, 9.17) is 28.6 Å². The second-order valence-corrected chi connectivity index (χ2v) is 9.62. The molecule has 3 atom stereocenters. The van der Waals surface area contributed by atoms with Crippen molar-refractivity contribution in [2.24, 2.45) is 0 Å². The number of amides is 2. The first-order valence-corrected chi connectivity index (χ1v) is 11.9. The highest BCUT2D eigenvalue weighted by molar-refractivity contribution is 7.16. The van der Waals surface area contributed by atoms with Crippen molar-refractivity contribution in [3.8, 4) is 5.75 Å². The van der Waals surface area contributed by atoms with Crippen LogP contribution in [0, 0.1) is 6.92 Å². The zero-order valence-electron chi connectivity index (χ0n) is 18.4. The topological polar surface area (TPSA) is 111 Å². The van der Waals surface area contributed by atoms with E-state index in [1.165, 1.54) is 11.3 Å². The van der Waals surface area contributed by atoms with E-state index >= 15 is 0 Å². The Bertz CT molecular complexity index is 1200. The minimum absolute atomic E-state index is 0.0455. The van der Waals surface area contributed by atoms with Crippen LogP contribution in [0.25, 0.3) is 11.1 Å².